The molecule has 0 aromatic heterocycles. The summed E-state index contributed by atoms with van der Waals surface area (Å²) in [5, 5.41) is 2.59. The van der Waals surface area contributed by atoms with Crippen LogP contribution in [-0.2, 0) is 21.4 Å². The van der Waals surface area contributed by atoms with Gasteiger partial charge in [-0.2, -0.15) is 0 Å². The minimum Gasteiger partial charge on any atom is -0.352 e. The molecule has 0 aliphatic heterocycles. The molecule has 0 fully saturated rings. The maximum atomic E-state index is 13.1. The predicted octanol–water partition coefficient (Wildman–Crippen LogP) is 2.40. The van der Waals surface area contributed by atoms with Gasteiger partial charge in [-0.25, -0.2) is 17.2 Å². The molecular weight excluding hydrogens is 326 g/mol. The van der Waals surface area contributed by atoms with Crippen molar-refractivity contribution in [2.75, 3.05) is 4.72 Å². The number of sulfonamides is 1. The molecule has 0 aliphatic rings. The average molecular weight is 340 g/mol. The fraction of sp³-hybridized carbons (Fsp3) is 0.133. The van der Waals surface area contributed by atoms with Crippen molar-refractivity contribution in [2.24, 2.45) is 0 Å². The number of carbonyl (C=O) groups is 1. The van der Waals surface area contributed by atoms with Crippen molar-refractivity contribution in [3.63, 3.8) is 0 Å². The normalized spacial score (nSPS) is 11.1. The summed E-state index contributed by atoms with van der Waals surface area (Å²) < 4.78 is 52.5. The molecular formula is C15H14F2N2O3S. The van der Waals surface area contributed by atoms with E-state index < -0.39 is 21.7 Å². The zero-order valence-electron chi connectivity index (χ0n) is 12.1. The molecule has 2 aromatic carbocycles. The van der Waals surface area contributed by atoms with Crippen LogP contribution in [0.15, 0.2) is 47.4 Å². The lowest BCUT2D eigenvalue weighted by Gasteiger charge is -2.09. The van der Waals surface area contributed by atoms with E-state index in [0.717, 1.165) is 23.8 Å². The Labute approximate surface area is 132 Å². The van der Waals surface area contributed by atoms with Gasteiger partial charge in [0.15, 0.2) is 11.6 Å². The Kier molecular flexibility index (Phi) is 4.95. The Hall–Kier alpha value is -2.48. The largest absolute Gasteiger partial charge is 0.352 e. The lowest BCUT2D eigenvalue weighted by Crippen LogP contribution is -2.19. The standard InChI is InChI=1S/C15H14F2N2O3S/c1-10(20)18-9-11-2-5-13(6-3-11)23(21,22)19-12-4-7-14(16)15(17)8-12/h2-8,19H,9H2,1H3,(H,18,20). The van der Waals surface area contributed by atoms with Crippen LogP contribution in [0.25, 0.3) is 0 Å². The lowest BCUT2D eigenvalue weighted by atomic mass is 10.2. The summed E-state index contributed by atoms with van der Waals surface area (Å²) >= 11 is 0. The first-order valence-corrected chi connectivity index (χ1v) is 8.07. The van der Waals surface area contributed by atoms with Crippen molar-refractivity contribution in [1.82, 2.24) is 5.32 Å². The fourth-order valence-corrected chi connectivity index (χ4v) is 2.84. The molecule has 2 rings (SSSR count). The van der Waals surface area contributed by atoms with E-state index in [1.165, 1.54) is 19.1 Å². The minimum absolute atomic E-state index is 0.0335. The van der Waals surface area contributed by atoms with E-state index in [1.54, 1.807) is 12.1 Å². The molecule has 5 nitrogen and oxygen atoms in total. The Morgan fingerprint density at radius 1 is 1.04 bits per heavy atom. The summed E-state index contributed by atoms with van der Waals surface area (Å²) in [6.07, 6.45) is 0. The van der Waals surface area contributed by atoms with Gasteiger partial charge in [-0.05, 0) is 29.8 Å². The van der Waals surface area contributed by atoms with Crippen molar-refractivity contribution in [3.8, 4) is 0 Å². The second kappa shape index (κ2) is 6.74. The number of hydrogen-bond donors (Lipinski definition) is 2. The second-order valence-electron chi connectivity index (χ2n) is 4.79. The molecule has 0 spiro atoms. The first-order valence-electron chi connectivity index (χ1n) is 6.59. The number of benzene rings is 2. The van der Waals surface area contributed by atoms with Gasteiger partial charge >= 0.3 is 0 Å². The molecule has 2 aromatic rings. The summed E-state index contributed by atoms with van der Waals surface area (Å²) in [6.45, 7) is 1.66. The third-order valence-corrected chi connectivity index (χ3v) is 4.34. The van der Waals surface area contributed by atoms with Gasteiger partial charge in [-0.1, -0.05) is 12.1 Å². The first kappa shape index (κ1) is 16.9. The van der Waals surface area contributed by atoms with E-state index in [2.05, 4.69) is 10.0 Å². The molecule has 122 valence electrons. The highest BCUT2D eigenvalue weighted by Gasteiger charge is 2.15. The zero-order valence-corrected chi connectivity index (χ0v) is 13.0. The fourth-order valence-electron chi connectivity index (χ4n) is 1.79. The zero-order chi connectivity index (χ0) is 17.0. The van der Waals surface area contributed by atoms with Crippen LogP contribution in [0.2, 0.25) is 0 Å². The monoisotopic (exact) mass is 340 g/mol. The predicted molar refractivity (Wildman–Crippen MR) is 81.1 cm³/mol. The van der Waals surface area contributed by atoms with Gasteiger partial charge in [-0.3, -0.25) is 9.52 Å². The highest BCUT2D eigenvalue weighted by molar-refractivity contribution is 7.92. The van der Waals surface area contributed by atoms with Crippen molar-refractivity contribution < 1.29 is 22.0 Å². The summed E-state index contributed by atoms with van der Waals surface area (Å²) in [6, 6.07) is 8.55. The summed E-state index contributed by atoms with van der Waals surface area (Å²) in [7, 11) is -3.92. The molecule has 0 heterocycles. The molecule has 0 aliphatic carbocycles. The first-order chi connectivity index (χ1) is 10.8. The number of anilines is 1. The van der Waals surface area contributed by atoms with Gasteiger partial charge in [0, 0.05) is 19.5 Å². The van der Waals surface area contributed by atoms with Gasteiger partial charge < -0.3 is 5.32 Å². The highest BCUT2D eigenvalue weighted by Crippen LogP contribution is 2.18. The molecule has 0 bridgehead atoms. The maximum absolute atomic E-state index is 13.1. The Morgan fingerprint density at radius 3 is 2.26 bits per heavy atom. The lowest BCUT2D eigenvalue weighted by molar-refractivity contribution is -0.119. The number of rotatable bonds is 5. The van der Waals surface area contributed by atoms with Crippen molar-refractivity contribution in [2.45, 2.75) is 18.4 Å². The quantitative estimate of drug-likeness (QED) is 0.878. The van der Waals surface area contributed by atoms with E-state index >= 15 is 0 Å². The van der Waals surface area contributed by atoms with Crippen molar-refractivity contribution in [1.29, 1.82) is 0 Å². The molecule has 8 heteroatoms. The van der Waals surface area contributed by atoms with Crippen molar-refractivity contribution in [3.05, 3.63) is 59.7 Å². The number of halogens is 2. The number of carbonyl (C=O) groups excluding carboxylic acids is 1. The number of nitrogens with one attached hydrogen (secondary N) is 2. The summed E-state index contributed by atoms with van der Waals surface area (Å²) in [5.74, 6) is -2.40. The highest BCUT2D eigenvalue weighted by atomic mass is 32.2. The van der Waals surface area contributed by atoms with Crippen molar-refractivity contribution >= 4 is 21.6 Å². The van der Waals surface area contributed by atoms with E-state index in [-0.39, 0.29) is 23.0 Å². The Morgan fingerprint density at radius 2 is 1.70 bits per heavy atom. The second-order valence-corrected chi connectivity index (χ2v) is 6.47. The van der Waals surface area contributed by atoms with Crippen LogP contribution in [0.5, 0.6) is 0 Å². The van der Waals surface area contributed by atoms with E-state index in [1.807, 2.05) is 0 Å². The van der Waals surface area contributed by atoms with Crippen LogP contribution in [0, 0.1) is 11.6 Å². The van der Waals surface area contributed by atoms with Crippen LogP contribution in [0.4, 0.5) is 14.5 Å². The third-order valence-electron chi connectivity index (χ3n) is 2.95. The average Bonchev–Trinajstić information content (AvgIpc) is 2.49. The van der Waals surface area contributed by atoms with Crippen LogP contribution in [-0.4, -0.2) is 14.3 Å². The van der Waals surface area contributed by atoms with Gasteiger partial charge in [-0.15, -0.1) is 0 Å². The van der Waals surface area contributed by atoms with Crippen LogP contribution in [0.3, 0.4) is 0 Å². The SMILES string of the molecule is CC(=O)NCc1ccc(S(=O)(=O)Nc2ccc(F)c(F)c2)cc1. The molecule has 0 unspecified atom stereocenters. The molecule has 23 heavy (non-hydrogen) atoms. The van der Waals surface area contributed by atoms with Gasteiger partial charge in [0.25, 0.3) is 10.0 Å². The summed E-state index contributed by atoms with van der Waals surface area (Å²) in [5.41, 5.74) is 0.651. The maximum Gasteiger partial charge on any atom is 0.261 e. The summed E-state index contributed by atoms with van der Waals surface area (Å²) in [4.78, 5) is 10.8. The van der Waals surface area contributed by atoms with Crippen LogP contribution < -0.4 is 10.0 Å². The van der Waals surface area contributed by atoms with Gasteiger partial charge in [0.2, 0.25) is 5.91 Å². The molecule has 2 N–H and O–H groups in total. The molecule has 0 radical (unpaired) electrons. The molecule has 0 saturated carbocycles. The molecule has 1 amide bonds. The Balaban J connectivity index is 2.15. The van der Waals surface area contributed by atoms with Crippen LogP contribution >= 0.6 is 0 Å². The molecule has 0 atom stereocenters. The minimum atomic E-state index is -3.92. The number of amides is 1. The molecule has 0 saturated heterocycles. The third kappa shape index (κ3) is 4.49. The van der Waals surface area contributed by atoms with Crippen LogP contribution in [0.1, 0.15) is 12.5 Å². The van der Waals surface area contributed by atoms with E-state index in [0.29, 0.717) is 0 Å². The number of hydrogen-bond acceptors (Lipinski definition) is 3. The van der Waals surface area contributed by atoms with Gasteiger partial charge in [0.05, 0.1) is 10.6 Å². The topological polar surface area (TPSA) is 75.3 Å². The smallest absolute Gasteiger partial charge is 0.261 e. The van der Waals surface area contributed by atoms with E-state index in [4.69, 9.17) is 0 Å². The van der Waals surface area contributed by atoms with Gasteiger partial charge in [0.1, 0.15) is 0 Å². The van der Waals surface area contributed by atoms with E-state index in [9.17, 15) is 22.0 Å². The Bertz CT molecular complexity index is 821.